The van der Waals surface area contributed by atoms with Crippen molar-refractivity contribution in [3.8, 4) is 0 Å². The number of fused-ring (bicyclic) bond motifs is 2. The van der Waals surface area contributed by atoms with Crippen molar-refractivity contribution in [1.82, 2.24) is 10.2 Å². The zero-order valence-corrected chi connectivity index (χ0v) is 11.5. The van der Waals surface area contributed by atoms with Gasteiger partial charge in [0, 0.05) is 25.2 Å². The summed E-state index contributed by atoms with van der Waals surface area (Å²) in [5.74, 6) is 0.197. The Kier molecular flexibility index (Phi) is 5.45. The third-order valence-corrected chi connectivity index (χ3v) is 4.06. The topological polar surface area (TPSA) is 41.6 Å². The van der Waals surface area contributed by atoms with Gasteiger partial charge in [-0.15, -0.1) is 0 Å². The molecule has 1 N–H and O–H groups in total. The van der Waals surface area contributed by atoms with Crippen molar-refractivity contribution in [3.05, 3.63) is 0 Å². The minimum absolute atomic E-state index is 0.197. The summed E-state index contributed by atoms with van der Waals surface area (Å²) < 4.78 is 5.50. The summed E-state index contributed by atoms with van der Waals surface area (Å²) in [5, 5.41) is 3.41. The summed E-state index contributed by atoms with van der Waals surface area (Å²) in [6, 6.07) is 0.862. The number of nitrogens with zero attached hydrogens (tertiary/aromatic N) is 1. The highest BCUT2D eigenvalue weighted by Gasteiger charge is 2.37. The quantitative estimate of drug-likeness (QED) is 0.731. The molecular formula is C14H26N2O2. The molecule has 2 bridgehead atoms. The van der Waals surface area contributed by atoms with E-state index in [1.54, 1.807) is 0 Å². The van der Waals surface area contributed by atoms with E-state index in [-0.39, 0.29) is 12.5 Å². The van der Waals surface area contributed by atoms with E-state index in [2.05, 4.69) is 17.1 Å². The maximum atomic E-state index is 12.2. The Balaban J connectivity index is 1.74. The highest BCUT2D eigenvalue weighted by atomic mass is 16.5. The van der Waals surface area contributed by atoms with Crippen LogP contribution in [-0.4, -0.2) is 49.2 Å². The molecule has 104 valence electrons. The van der Waals surface area contributed by atoms with E-state index >= 15 is 0 Å². The number of rotatable bonds is 6. The Morgan fingerprint density at radius 3 is 2.94 bits per heavy atom. The van der Waals surface area contributed by atoms with E-state index in [1.807, 2.05) is 0 Å². The van der Waals surface area contributed by atoms with Gasteiger partial charge in [-0.3, -0.25) is 4.79 Å². The monoisotopic (exact) mass is 254 g/mol. The third kappa shape index (κ3) is 3.45. The Morgan fingerprint density at radius 1 is 1.28 bits per heavy atom. The van der Waals surface area contributed by atoms with Gasteiger partial charge in [-0.1, -0.05) is 19.8 Å². The van der Waals surface area contributed by atoms with Gasteiger partial charge in [-0.25, -0.2) is 0 Å². The molecule has 0 aromatic heterocycles. The van der Waals surface area contributed by atoms with Gasteiger partial charge >= 0.3 is 0 Å². The summed E-state index contributed by atoms with van der Waals surface area (Å²) >= 11 is 0. The largest absolute Gasteiger partial charge is 0.372 e. The van der Waals surface area contributed by atoms with Crippen molar-refractivity contribution >= 4 is 5.91 Å². The number of amides is 1. The van der Waals surface area contributed by atoms with E-state index in [0.717, 1.165) is 39.0 Å². The summed E-state index contributed by atoms with van der Waals surface area (Å²) in [6.45, 7) is 5.17. The Hall–Kier alpha value is -0.610. The van der Waals surface area contributed by atoms with Crippen LogP contribution in [0.25, 0.3) is 0 Å². The molecule has 4 nitrogen and oxygen atoms in total. The van der Waals surface area contributed by atoms with E-state index in [0.29, 0.717) is 12.1 Å². The van der Waals surface area contributed by atoms with Gasteiger partial charge in [0.2, 0.25) is 5.91 Å². The molecule has 4 heteroatoms. The third-order valence-electron chi connectivity index (χ3n) is 4.06. The van der Waals surface area contributed by atoms with Gasteiger partial charge in [-0.05, 0) is 32.2 Å². The summed E-state index contributed by atoms with van der Waals surface area (Å²) in [7, 11) is 0. The van der Waals surface area contributed by atoms with Crippen molar-refractivity contribution in [3.63, 3.8) is 0 Å². The zero-order valence-electron chi connectivity index (χ0n) is 11.5. The average molecular weight is 254 g/mol. The van der Waals surface area contributed by atoms with Crippen molar-refractivity contribution in [2.45, 2.75) is 57.5 Å². The van der Waals surface area contributed by atoms with Crippen molar-refractivity contribution in [2.75, 3.05) is 26.3 Å². The molecule has 0 saturated carbocycles. The van der Waals surface area contributed by atoms with Crippen LogP contribution in [0.1, 0.15) is 45.4 Å². The van der Waals surface area contributed by atoms with Crippen molar-refractivity contribution in [2.24, 2.45) is 0 Å². The normalized spacial score (nSPS) is 27.3. The first kappa shape index (κ1) is 13.8. The fourth-order valence-electron chi connectivity index (χ4n) is 3.08. The van der Waals surface area contributed by atoms with Gasteiger partial charge in [-0.2, -0.15) is 0 Å². The lowest BCUT2D eigenvalue weighted by molar-refractivity contribution is -0.138. The van der Waals surface area contributed by atoms with Crippen LogP contribution in [0.2, 0.25) is 0 Å². The second kappa shape index (κ2) is 7.10. The lowest BCUT2D eigenvalue weighted by atomic mass is 10.1. The molecule has 2 unspecified atom stereocenters. The Bertz CT molecular complexity index is 257. The highest BCUT2D eigenvalue weighted by molar-refractivity contribution is 5.78. The molecule has 0 aromatic rings. The van der Waals surface area contributed by atoms with Crippen molar-refractivity contribution < 1.29 is 9.53 Å². The van der Waals surface area contributed by atoms with Gasteiger partial charge in [0.1, 0.15) is 6.61 Å². The van der Waals surface area contributed by atoms with Crippen LogP contribution in [0.4, 0.5) is 0 Å². The van der Waals surface area contributed by atoms with E-state index in [1.165, 1.54) is 19.3 Å². The number of hydrogen-bond donors (Lipinski definition) is 1. The van der Waals surface area contributed by atoms with E-state index < -0.39 is 0 Å². The molecular weight excluding hydrogens is 228 g/mol. The SMILES string of the molecule is CCCCCOCC(=O)N1C2CCNCC1CC2. The molecule has 1 amide bonds. The number of unbranched alkanes of at least 4 members (excludes halogenated alkanes) is 2. The maximum absolute atomic E-state index is 12.2. The first-order chi connectivity index (χ1) is 8.83. The Morgan fingerprint density at radius 2 is 2.11 bits per heavy atom. The number of ether oxygens (including phenoxy) is 1. The molecule has 18 heavy (non-hydrogen) atoms. The molecule has 2 heterocycles. The molecule has 0 radical (unpaired) electrons. The van der Waals surface area contributed by atoms with E-state index in [9.17, 15) is 4.79 Å². The summed E-state index contributed by atoms with van der Waals surface area (Å²) in [4.78, 5) is 14.3. The Labute approximate surface area is 110 Å². The zero-order chi connectivity index (χ0) is 12.8. The smallest absolute Gasteiger partial charge is 0.249 e. The van der Waals surface area contributed by atoms with Crippen LogP contribution in [0.5, 0.6) is 0 Å². The predicted octanol–water partition coefficient (Wildman–Crippen LogP) is 1.55. The van der Waals surface area contributed by atoms with Crippen LogP contribution >= 0.6 is 0 Å². The number of nitrogens with one attached hydrogen (secondary N) is 1. The number of carbonyl (C=O) groups is 1. The molecule has 0 spiro atoms. The van der Waals surface area contributed by atoms with Crippen LogP contribution in [-0.2, 0) is 9.53 Å². The molecule has 0 aliphatic carbocycles. The molecule has 2 rings (SSSR count). The molecule has 2 aliphatic rings. The minimum atomic E-state index is 0.197. The lowest BCUT2D eigenvalue weighted by Gasteiger charge is -2.27. The number of hydrogen-bond acceptors (Lipinski definition) is 3. The minimum Gasteiger partial charge on any atom is -0.372 e. The summed E-state index contributed by atoms with van der Waals surface area (Å²) in [5.41, 5.74) is 0. The maximum Gasteiger partial charge on any atom is 0.249 e. The first-order valence-corrected chi connectivity index (χ1v) is 7.42. The standard InChI is InChI=1S/C14H26N2O2/c1-2-3-4-9-18-11-14(17)16-12-5-6-13(16)10-15-8-7-12/h12-13,15H,2-11H2,1H3. The second-order valence-electron chi connectivity index (χ2n) is 5.44. The predicted molar refractivity (Wildman–Crippen MR) is 71.5 cm³/mol. The molecule has 2 saturated heterocycles. The van der Waals surface area contributed by atoms with Gasteiger partial charge in [0.05, 0.1) is 0 Å². The van der Waals surface area contributed by atoms with Gasteiger partial charge < -0.3 is 15.0 Å². The fourth-order valence-corrected chi connectivity index (χ4v) is 3.08. The lowest BCUT2D eigenvalue weighted by Crippen LogP contribution is -2.44. The first-order valence-electron chi connectivity index (χ1n) is 7.42. The fraction of sp³-hybridized carbons (Fsp3) is 0.929. The summed E-state index contributed by atoms with van der Waals surface area (Å²) in [6.07, 6.45) is 6.87. The van der Waals surface area contributed by atoms with Crippen LogP contribution in [0.3, 0.4) is 0 Å². The average Bonchev–Trinajstić information content (AvgIpc) is 2.62. The molecule has 2 fully saturated rings. The van der Waals surface area contributed by atoms with Crippen molar-refractivity contribution in [1.29, 1.82) is 0 Å². The van der Waals surface area contributed by atoms with Crippen LogP contribution in [0.15, 0.2) is 0 Å². The van der Waals surface area contributed by atoms with Gasteiger partial charge in [0.15, 0.2) is 0 Å². The van der Waals surface area contributed by atoms with Gasteiger partial charge in [0.25, 0.3) is 0 Å². The van der Waals surface area contributed by atoms with Crippen LogP contribution < -0.4 is 5.32 Å². The molecule has 2 aliphatic heterocycles. The van der Waals surface area contributed by atoms with E-state index in [4.69, 9.17) is 4.74 Å². The number of carbonyl (C=O) groups excluding carboxylic acids is 1. The molecule has 0 aromatic carbocycles. The van der Waals surface area contributed by atoms with Crippen LogP contribution in [0, 0.1) is 0 Å². The highest BCUT2D eigenvalue weighted by Crippen LogP contribution is 2.27. The second-order valence-corrected chi connectivity index (χ2v) is 5.44. The molecule has 2 atom stereocenters.